The van der Waals surface area contributed by atoms with Crippen LogP contribution in [0.15, 0.2) is 30.5 Å². The third-order valence-corrected chi connectivity index (χ3v) is 4.56. The van der Waals surface area contributed by atoms with Gasteiger partial charge in [-0.2, -0.15) is 5.10 Å². The van der Waals surface area contributed by atoms with Gasteiger partial charge in [0.15, 0.2) is 0 Å². The predicted octanol–water partition coefficient (Wildman–Crippen LogP) is 4.43. The van der Waals surface area contributed by atoms with E-state index in [-0.39, 0.29) is 6.42 Å². The van der Waals surface area contributed by atoms with Crippen LogP contribution in [0.4, 0.5) is 0 Å². The van der Waals surface area contributed by atoms with Gasteiger partial charge in [0.2, 0.25) is 0 Å². The number of aliphatic carboxylic acids is 1. The Labute approximate surface area is 144 Å². The Hall–Kier alpha value is -1.78. The first-order valence-electron chi connectivity index (χ1n) is 7.44. The second-order valence-corrected chi connectivity index (χ2v) is 6.44. The summed E-state index contributed by atoms with van der Waals surface area (Å²) in [7, 11) is 0. The maximum atomic E-state index is 10.8. The molecule has 0 radical (unpaired) electrons. The molecular formula is C17H16Cl2N2O2. The highest BCUT2D eigenvalue weighted by Gasteiger charge is 2.20. The highest BCUT2D eigenvalue weighted by molar-refractivity contribution is 6.35. The second-order valence-electron chi connectivity index (χ2n) is 5.59. The Balaban J connectivity index is 1.94. The van der Waals surface area contributed by atoms with E-state index < -0.39 is 5.97 Å². The van der Waals surface area contributed by atoms with Gasteiger partial charge in [0.25, 0.3) is 0 Å². The molecule has 1 N–H and O–H groups in total. The Kier molecular flexibility index (Phi) is 4.74. The zero-order valence-electron chi connectivity index (χ0n) is 12.4. The molecule has 0 fully saturated rings. The van der Waals surface area contributed by atoms with Gasteiger partial charge in [0, 0.05) is 10.0 Å². The molecule has 0 saturated heterocycles. The van der Waals surface area contributed by atoms with Crippen LogP contribution in [0.25, 0.3) is 5.57 Å². The predicted molar refractivity (Wildman–Crippen MR) is 91.0 cm³/mol. The summed E-state index contributed by atoms with van der Waals surface area (Å²) in [4.78, 5) is 10.8. The van der Waals surface area contributed by atoms with E-state index in [1.165, 1.54) is 0 Å². The smallest absolute Gasteiger partial charge is 0.307 e. The first kappa shape index (κ1) is 16.1. The SMILES string of the molecule is O=C(O)C/C=C1\CCCc2cnn(Cc3ccc(Cl)cc3Cl)c21. The monoisotopic (exact) mass is 350 g/mol. The number of carboxylic acids is 1. The van der Waals surface area contributed by atoms with Crippen LogP contribution < -0.4 is 0 Å². The van der Waals surface area contributed by atoms with Crippen LogP contribution in [0.3, 0.4) is 0 Å². The summed E-state index contributed by atoms with van der Waals surface area (Å²) in [5.74, 6) is -0.823. The molecule has 0 atom stereocenters. The summed E-state index contributed by atoms with van der Waals surface area (Å²) in [6, 6.07) is 5.41. The van der Waals surface area contributed by atoms with Crippen LogP contribution in [0, 0.1) is 0 Å². The van der Waals surface area contributed by atoms with E-state index >= 15 is 0 Å². The van der Waals surface area contributed by atoms with Crippen molar-refractivity contribution in [3.63, 3.8) is 0 Å². The van der Waals surface area contributed by atoms with Crippen molar-refractivity contribution in [2.24, 2.45) is 0 Å². The van der Waals surface area contributed by atoms with E-state index in [0.29, 0.717) is 16.6 Å². The highest BCUT2D eigenvalue weighted by atomic mass is 35.5. The number of aromatic nitrogens is 2. The molecule has 2 aromatic rings. The minimum Gasteiger partial charge on any atom is -0.481 e. The molecule has 0 spiro atoms. The number of allylic oxidation sites excluding steroid dienone is 1. The molecule has 1 aromatic carbocycles. The lowest BCUT2D eigenvalue weighted by Gasteiger charge is -2.18. The maximum Gasteiger partial charge on any atom is 0.307 e. The van der Waals surface area contributed by atoms with Gasteiger partial charge in [-0.1, -0.05) is 35.3 Å². The number of halogens is 2. The number of hydrogen-bond acceptors (Lipinski definition) is 2. The number of rotatable bonds is 4. The molecule has 4 nitrogen and oxygen atoms in total. The van der Waals surface area contributed by atoms with Crippen molar-refractivity contribution in [1.29, 1.82) is 0 Å². The molecule has 23 heavy (non-hydrogen) atoms. The van der Waals surface area contributed by atoms with Crippen molar-refractivity contribution >= 4 is 34.7 Å². The van der Waals surface area contributed by atoms with Gasteiger partial charge in [-0.15, -0.1) is 0 Å². The van der Waals surface area contributed by atoms with E-state index in [2.05, 4.69) is 5.10 Å². The number of aryl methyl sites for hydroxylation is 1. The summed E-state index contributed by atoms with van der Waals surface area (Å²) < 4.78 is 1.90. The maximum absolute atomic E-state index is 10.8. The van der Waals surface area contributed by atoms with Crippen molar-refractivity contribution in [1.82, 2.24) is 9.78 Å². The number of carbonyl (C=O) groups is 1. The van der Waals surface area contributed by atoms with Crippen molar-refractivity contribution in [2.45, 2.75) is 32.2 Å². The lowest BCUT2D eigenvalue weighted by atomic mass is 9.92. The van der Waals surface area contributed by atoms with Crippen LogP contribution >= 0.6 is 23.2 Å². The molecule has 1 heterocycles. The zero-order chi connectivity index (χ0) is 16.4. The molecule has 3 rings (SSSR count). The van der Waals surface area contributed by atoms with E-state index in [1.54, 1.807) is 18.2 Å². The van der Waals surface area contributed by atoms with Gasteiger partial charge in [0.05, 0.1) is 24.9 Å². The number of nitrogens with zero attached hydrogens (tertiary/aromatic N) is 2. The molecule has 0 bridgehead atoms. The summed E-state index contributed by atoms with van der Waals surface area (Å²) in [5, 5.41) is 14.6. The van der Waals surface area contributed by atoms with Gasteiger partial charge >= 0.3 is 5.97 Å². The molecule has 0 amide bonds. The Bertz CT molecular complexity index is 781. The standard InChI is InChI=1S/C17H16Cl2N2O2/c18-14-6-4-13(15(19)8-14)10-21-17-11(5-7-16(22)23)2-1-3-12(17)9-20-21/h4-6,8-9H,1-3,7,10H2,(H,22,23)/b11-5+. The van der Waals surface area contributed by atoms with Gasteiger partial charge in [-0.25, -0.2) is 0 Å². The average molecular weight is 351 g/mol. The highest BCUT2D eigenvalue weighted by Crippen LogP contribution is 2.32. The minimum absolute atomic E-state index is 0.0294. The van der Waals surface area contributed by atoms with Gasteiger partial charge in [-0.3, -0.25) is 9.48 Å². The Morgan fingerprint density at radius 1 is 1.35 bits per heavy atom. The molecule has 0 aliphatic heterocycles. The minimum atomic E-state index is -0.823. The van der Waals surface area contributed by atoms with E-state index in [1.807, 2.05) is 16.9 Å². The van der Waals surface area contributed by atoms with Crippen LogP contribution in [-0.4, -0.2) is 20.9 Å². The number of hydrogen-bond donors (Lipinski definition) is 1. The van der Waals surface area contributed by atoms with Gasteiger partial charge < -0.3 is 5.11 Å². The number of fused-ring (bicyclic) bond motifs is 1. The molecule has 0 saturated carbocycles. The van der Waals surface area contributed by atoms with Crippen molar-refractivity contribution in [3.8, 4) is 0 Å². The van der Waals surface area contributed by atoms with Crippen molar-refractivity contribution < 1.29 is 9.90 Å². The molecule has 0 unspecified atom stereocenters. The molecule has 1 aliphatic carbocycles. The summed E-state index contributed by atoms with van der Waals surface area (Å²) in [5.41, 5.74) is 4.18. The quantitative estimate of drug-likeness (QED) is 0.886. The van der Waals surface area contributed by atoms with Crippen LogP contribution in [0.2, 0.25) is 10.0 Å². The fourth-order valence-electron chi connectivity index (χ4n) is 2.91. The van der Waals surface area contributed by atoms with Crippen LogP contribution in [-0.2, 0) is 17.8 Å². The number of benzene rings is 1. The Morgan fingerprint density at radius 3 is 2.91 bits per heavy atom. The lowest BCUT2D eigenvalue weighted by Crippen LogP contribution is -2.10. The summed E-state index contributed by atoms with van der Waals surface area (Å²) in [6.07, 6.45) is 6.55. The summed E-state index contributed by atoms with van der Waals surface area (Å²) >= 11 is 12.2. The normalized spacial score (nSPS) is 15.7. The molecular weight excluding hydrogens is 335 g/mol. The van der Waals surface area contributed by atoms with Gasteiger partial charge in [-0.05, 0) is 48.1 Å². The third kappa shape index (κ3) is 3.59. The Morgan fingerprint density at radius 2 is 2.17 bits per heavy atom. The molecule has 120 valence electrons. The van der Waals surface area contributed by atoms with Crippen LogP contribution in [0.5, 0.6) is 0 Å². The number of carboxylic acid groups (broad SMARTS) is 1. The molecule has 1 aromatic heterocycles. The zero-order valence-corrected chi connectivity index (χ0v) is 13.9. The van der Waals surface area contributed by atoms with Crippen LogP contribution in [0.1, 0.15) is 36.1 Å². The topological polar surface area (TPSA) is 55.1 Å². The second kappa shape index (κ2) is 6.77. The van der Waals surface area contributed by atoms with E-state index in [4.69, 9.17) is 28.3 Å². The first-order chi connectivity index (χ1) is 11.0. The fraction of sp³-hybridized carbons (Fsp3) is 0.294. The molecule has 6 heteroatoms. The fourth-order valence-corrected chi connectivity index (χ4v) is 3.38. The lowest BCUT2D eigenvalue weighted by molar-refractivity contribution is -0.135. The average Bonchev–Trinajstić information content (AvgIpc) is 2.91. The van der Waals surface area contributed by atoms with E-state index in [9.17, 15) is 4.79 Å². The first-order valence-corrected chi connectivity index (χ1v) is 8.20. The third-order valence-electron chi connectivity index (χ3n) is 3.97. The van der Waals surface area contributed by atoms with Crippen molar-refractivity contribution in [2.75, 3.05) is 0 Å². The summed E-state index contributed by atoms with van der Waals surface area (Å²) in [6.45, 7) is 0.537. The van der Waals surface area contributed by atoms with E-state index in [0.717, 1.165) is 41.7 Å². The van der Waals surface area contributed by atoms with Gasteiger partial charge in [0.1, 0.15) is 0 Å². The van der Waals surface area contributed by atoms with Crippen molar-refractivity contribution in [3.05, 3.63) is 57.3 Å². The molecule has 1 aliphatic rings. The largest absolute Gasteiger partial charge is 0.481 e.